The molecule has 0 aliphatic heterocycles. The number of hydrogen-bond acceptors (Lipinski definition) is 2. The molecule has 3 nitrogen and oxygen atoms in total. The van der Waals surface area contributed by atoms with E-state index < -0.39 is 0 Å². The van der Waals surface area contributed by atoms with Crippen LogP contribution >= 0.6 is 0 Å². The Labute approximate surface area is 146 Å². The third kappa shape index (κ3) is 2.18. The van der Waals surface area contributed by atoms with E-state index in [0.29, 0.717) is 11.1 Å². The van der Waals surface area contributed by atoms with Crippen LogP contribution in [0.5, 0.6) is 0 Å². The Kier molecular flexibility index (Phi) is 3.49. The molecule has 4 rings (SSSR count). The van der Waals surface area contributed by atoms with E-state index in [1.807, 2.05) is 24.3 Å². The lowest BCUT2D eigenvalue weighted by molar-refractivity contribution is 1.12. The lowest BCUT2D eigenvalue weighted by Crippen LogP contribution is -1.94. The molecule has 0 N–H and O–H groups in total. The van der Waals surface area contributed by atoms with Gasteiger partial charge in [0.25, 0.3) is 0 Å². The van der Waals surface area contributed by atoms with E-state index in [0.717, 1.165) is 33.9 Å². The van der Waals surface area contributed by atoms with Crippen molar-refractivity contribution in [3.05, 3.63) is 77.4 Å². The fourth-order valence-corrected chi connectivity index (χ4v) is 3.45. The van der Waals surface area contributed by atoms with Crippen LogP contribution in [-0.4, -0.2) is 4.57 Å². The second kappa shape index (κ2) is 5.82. The standard InChI is InChI=1S/C22H15N3/c1-2-15-9-11-18(12-10-15)25-19-7-3-5-16(13-23)21(19)22-17(14-24)6-4-8-20(22)25/h3-12H,2H2,1H3. The van der Waals surface area contributed by atoms with Crippen LogP contribution in [0, 0.1) is 22.7 Å². The number of aryl methyl sites for hydroxylation is 1. The Bertz CT molecular complexity index is 1110. The summed E-state index contributed by atoms with van der Waals surface area (Å²) in [4.78, 5) is 0. The molecule has 1 aromatic heterocycles. The first kappa shape index (κ1) is 15.0. The number of aromatic nitrogens is 1. The van der Waals surface area contributed by atoms with E-state index in [1.165, 1.54) is 5.56 Å². The second-order valence-electron chi connectivity index (χ2n) is 5.98. The maximum absolute atomic E-state index is 9.56. The van der Waals surface area contributed by atoms with Crippen molar-refractivity contribution in [2.75, 3.05) is 0 Å². The molecule has 0 aliphatic carbocycles. The van der Waals surface area contributed by atoms with Crippen molar-refractivity contribution in [3.8, 4) is 17.8 Å². The molecule has 0 spiro atoms. The van der Waals surface area contributed by atoms with Crippen LogP contribution in [-0.2, 0) is 6.42 Å². The summed E-state index contributed by atoms with van der Waals surface area (Å²) in [7, 11) is 0. The Morgan fingerprint density at radius 1 is 0.760 bits per heavy atom. The Morgan fingerprint density at radius 3 is 1.72 bits per heavy atom. The molecule has 1 heterocycles. The molecule has 0 unspecified atom stereocenters. The number of rotatable bonds is 2. The highest BCUT2D eigenvalue weighted by Crippen LogP contribution is 2.35. The van der Waals surface area contributed by atoms with Gasteiger partial charge in [-0.3, -0.25) is 0 Å². The molecule has 0 aliphatic rings. The van der Waals surface area contributed by atoms with Gasteiger partial charge in [-0.2, -0.15) is 10.5 Å². The molecule has 0 radical (unpaired) electrons. The average molecular weight is 321 g/mol. The van der Waals surface area contributed by atoms with Crippen LogP contribution in [0.2, 0.25) is 0 Å². The van der Waals surface area contributed by atoms with Crippen molar-refractivity contribution < 1.29 is 0 Å². The third-order valence-electron chi connectivity index (χ3n) is 4.66. The third-order valence-corrected chi connectivity index (χ3v) is 4.66. The summed E-state index contributed by atoms with van der Waals surface area (Å²) >= 11 is 0. The quantitative estimate of drug-likeness (QED) is 0.516. The van der Waals surface area contributed by atoms with Gasteiger partial charge in [0.15, 0.2) is 0 Å². The summed E-state index contributed by atoms with van der Waals surface area (Å²) in [6.07, 6.45) is 0.991. The van der Waals surface area contributed by atoms with Gasteiger partial charge in [-0.15, -0.1) is 0 Å². The van der Waals surface area contributed by atoms with Crippen LogP contribution in [0.25, 0.3) is 27.5 Å². The van der Waals surface area contributed by atoms with Gasteiger partial charge < -0.3 is 4.57 Å². The number of hydrogen-bond donors (Lipinski definition) is 0. The Morgan fingerprint density at radius 2 is 1.28 bits per heavy atom. The summed E-state index contributed by atoms with van der Waals surface area (Å²) in [5.41, 5.74) is 5.38. The van der Waals surface area contributed by atoms with E-state index in [-0.39, 0.29) is 0 Å². The van der Waals surface area contributed by atoms with Crippen molar-refractivity contribution in [1.29, 1.82) is 10.5 Å². The number of nitriles is 2. The molecule has 0 bridgehead atoms. The second-order valence-corrected chi connectivity index (χ2v) is 5.98. The minimum absolute atomic E-state index is 0.592. The first-order valence-electron chi connectivity index (χ1n) is 8.24. The highest BCUT2D eigenvalue weighted by Gasteiger charge is 2.17. The average Bonchev–Trinajstić information content (AvgIpc) is 3.02. The monoisotopic (exact) mass is 321 g/mol. The zero-order valence-electron chi connectivity index (χ0n) is 13.8. The molecular formula is C22H15N3. The van der Waals surface area contributed by atoms with E-state index >= 15 is 0 Å². The van der Waals surface area contributed by atoms with Gasteiger partial charge in [0.1, 0.15) is 0 Å². The van der Waals surface area contributed by atoms with Gasteiger partial charge in [-0.1, -0.05) is 31.2 Å². The van der Waals surface area contributed by atoms with Crippen LogP contribution in [0.1, 0.15) is 23.6 Å². The normalized spacial score (nSPS) is 10.7. The molecule has 0 saturated heterocycles. The topological polar surface area (TPSA) is 52.5 Å². The predicted octanol–water partition coefficient (Wildman–Crippen LogP) is 5.09. The van der Waals surface area contributed by atoms with Crippen LogP contribution < -0.4 is 0 Å². The summed E-state index contributed by atoms with van der Waals surface area (Å²) < 4.78 is 2.13. The molecule has 0 fully saturated rings. The van der Waals surface area contributed by atoms with Gasteiger partial charge in [-0.25, -0.2) is 0 Å². The highest BCUT2D eigenvalue weighted by atomic mass is 15.0. The SMILES string of the molecule is CCc1ccc(-n2c3cccc(C#N)c3c3c(C#N)cccc32)cc1. The van der Waals surface area contributed by atoms with Crippen molar-refractivity contribution in [3.63, 3.8) is 0 Å². The van der Waals surface area contributed by atoms with E-state index in [9.17, 15) is 10.5 Å². The zero-order chi connectivity index (χ0) is 17.4. The molecule has 3 aromatic carbocycles. The number of nitrogens with zero attached hydrogens (tertiary/aromatic N) is 3. The summed E-state index contributed by atoms with van der Waals surface area (Å²) in [6.45, 7) is 2.13. The fourth-order valence-electron chi connectivity index (χ4n) is 3.45. The summed E-state index contributed by atoms with van der Waals surface area (Å²) in [6, 6.07) is 24.4. The van der Waals surface area contributed by atoms with E-state index in [2.05, 4.69) is 47.9 Å². The number of fused-ring (bicyclic) bond motifs is 3. The molecule has 4 aromatic rings. The van der Waals surface area contributed by atoms with Crippen molar-refractivity contribution in [2.45, 2.75) is 13.3 Å². The lowest BCUT2D eigenvalue weighted by Gasteiger charge is -2.08. The summed E-state index contributed by atoms with van der Waals surface area (Å²) in [5, 5.41) is 20.8. The molecule has 25 heavy (non-hydrogen) atoms. The molecule has 118 valence electrons. The molecule has 0 amide bonds. The molecule has 3 heteroatoms. The predicted molar refractivity (Wildman–Crippen MR) is 99.6 cm³/mol. The smallest absolute Gasteiger partial charge is 0.0999 e. The molecular weight excluding hydrogens is 306 g/mol. The maximum atomic E-state index is 9.56. The number of benzene rings is 3. The van der Waals surface area contributed by atoms with Crippen molar-refractivity contribution in [2.24, 2.45) is 0 Å². The van der Waals surface area contributed by atoms with Gasteiger partial charge in [0, 0.05) is 16.5 Å². The maximum Gasteiger partial charge on any atom is 0.0999 e. The van der Waals surface area contributed by atoms with Gasteiger partial charge >= 0.3 is 0 Å². The van der Waals surface area contributed by atoms with Crippen molar-refractivity contribution in [1.82, 2.24) is 4.57 Å². The minimum atomic E-state index is 0.592. The Hall–Kier alpha value is -3.56. The van der Waals surface area contributed by atoms with Crippen LogP contribution in [0.3, 0.4) is 0 Å². The first-order chi connectivity index (χ1) is 12.3. The molecule has 0 atom stereocenters. The van der Waals surface area contributed by atoms with Crippen LogP contribution in [0.4, 0.5) is 0 Å². The summed E-state index contributed by atoms with van der Waals surface area (Å²) in [5.74, 6) is 0. The highest BCUT2D eigenvalue weighted by molar-refractivity contribution is 6.14. The van der Waals surface area contributed by atoms with Gasteiger partial charge in [-0.05, 0) is 48.4 Å². The van der Waals surface area contributed by atoms with Gasteiger partial charge in [0.05, 0.1) is 34.3 Å². The van der Waals surface area contributed by atoms with E-state index in [4.69, 9.17) is 0 Å². The largest absolute Gasteiger partial charge is 0.309 e. The minimum Gasteiger partial charge on any atom is -0.309 e. The Balaban J connectivity index is 2.20. The van der Waals surface area contributed by atoms with Crippen LogP contribution in [0.15, 0.2) is 60.7 Å². The fraction of sp³-hybridized carbons (Fsp3) is 0.0909. The zero-order valence-corrected chi connectivity index (χ0v) is 13.8. The lowest BCUT2D eigenvalue weighted by atomic mass is 10.0. The van der Waals surface area contributed by atoms with E-state index in [1.54, 1.807) is 12.1 Å². The first-order valence-corrected chi connectivity index (χ1v) is 8.24. The molecule has 0 saturated carbocycles. The van der Waals surface area contributed by atoms with Gasteiger partial charge in [0.2, 0.25) is 0 Å². The van der Waals surface area contributed by atoms with Crippen molar-refractivity contribution >= 4 is 21.8 Å².